The second-order valence-electron chi connectivity index (χ2n) is 4.58. The van der Waals surface area contributed by atoms with Gasteiger partial charge in [-0.3, -0.25) is 4.98 Å². The van der Waals surface area contributed by atoms with Crippen molar-refractivity contribution in [2.24, 2.45) is 0 Å². The van der Waals surface area contributed by atoms with Crippen LogP contribution in [0.4, 0.5) is 4.79 Å². The molecule has 0 fully saturated rings. The Balaban J connectivity index is 2.46. The van der Waals surface area contributed by atoms with Crippen LogP contribution in [0, 0.1) is 3.70 Å². The Kier molecular flexibility index (Phi) is 3.07. The molecule has 2 rings (SSSR count). The zero-order valence-corrected chi connectivity index (χ0v) is 11.9. The number of aromatic nitrogens is 3. The summed E-state index contributed by atoms with van der Waals surface area (Å²) >= 11 is 2.08. The molecule has 0 atom stereocenters. The number of hydrogen-bond donors (Lipinski definition) is 0. The zero-order valence-electron chi connectivity index (χ0n) is 9.77. The minimum atomic E-state index is -0.539. The third-order valence-electron chi connectivity index (χ3n) is 2.00. The Hall–Kier alpha value is -1.18. The van der Waals surface area contributed by atoms with Gasteiger partial charge in [-0.1, -0.05) is 0 Å². The van der Waals surface area contributed by atoms with Crippen LogP contribution in [-0.4, -0.2) is 26.5 Å². The molecule has 0 N–H and O–H groups in total. The van der Waals surface area contributed by atoms with Crippen molar-refractivity contribution in [1.29, 1.82) is 0 Å². The van der Waals surface area contributed by atoms with Crippen molar-refractivity contribution < 1.29 is 9.53 Å². The van der Waals surface area contributed by atoms with Gasteiger partial charge in [0.1, 0.15) is 14.8 Å². The van der Waals surface area contributed by atoms with Gasteiger partial charge in [-0.2, -0.15) is 9.78 Å². The van der Waals surface area contributed by atoms with Crippen LogP contribution in [0.2, 0.25) is 0 Å². The molecule has 0 aliphatic heterocycles. The zero-order chi connectivity index (χ0) is 12.6. The Morgan fingerprint density at radius 1 is 1.47 bits per heavy atom. The summed E-state index contributed by atoms with van der Waals surface area (Å²) in [6.07, 6.45) is 2.79. The van der Waals surface area contributed by atoms with Gasteiger partial charge in [0.15, 0.2) is 0 Å². The fraction of sp³-hybridized carbons (Fsp3) is 0.364. The molecule has 6 heteroatoms. The highest BCUT2D eigenvalue weighted by Gasteiger charge is 2.21. The lowest BCUT2D eigenvalue weighted by Crippen LogP contribution is -2.27. The van der Waals surface area contributed by atoms with E-state index >= 15 is 0 Å². The van der Waals surface area contributed by atoms with Crippen molar-refractivity contribution in [2.75, 3.05) is 0 Å². The summed E-state index contributed by atoms with van der Waals surface area (Å²) in [5.41, 5.74) is 0.120. The average Bonchev–Trinajstić information content (AvgIpc) is 2.55. The second-order valence-corrected chi connectivity index (χ2v) is 5.60. The van der Waals surface area contributed by atoms with E-state index in [2.05, 4.69) is 32.7 Å². The van der Waals surface area contributed by atoms with Gasteiger partial charge < -0.3 is 4.74 Å². The largest absolute Gasteiger partial charge is 0.442 e. The number of halogens is 1. The molecule has 5 nitrogen and oxygen atoms in total. The van der Waals surface area contributed by atoms with Crippen LogP contribution < -0.4 is 0 Å². The molecule has 0 aromatic carbocycles. The fourth-order valence-electron chi connectivity index (χ4n) is 1.37. The smallest absolute Gasteiger partial charge is 0.435 e. The summed E-state index contributed by atoms with van der Waals surface area (Å²) in [5.74, 6) is 0. The van der Waals surface area contributed by atoms with Crippen molar-refractivity contribution >= 4 is 39.6 Å². The maximum Gasteiger partial charge on any atom is 0.435 e. The minimum Gasteiger partial charge on any atom is -0.442 e. The molecule has 0 saturated heterocycles. The van der Waals surface area contributed by atoms with Crippen molar-refractivity contribution in [3.63, 3.8) is 0 Å². The maximum atomic E-state index is 11.9. The third kappa shape index (κ3) is 2.56. The Labute approximate surface area is 112 Å². The fourth-order valence-corrected chi connectivity index (χ4v) is 2.04. The van der Waals surface area contributed by atoms with Crippen LogP contribution in [0.3, 0.4) is 0 Å². The van der Waals surface area contributed by atoms with E-state index in [4.69, 9.17) is 4.74 Å². The lowest BCUT2D eigenvalue weighted by Gasteiger charge is -2.19. The summed E-state index contributed by atoms with van der Waals surface area (Å²) in [4.78, 5) is 15.9. The van der Waals surface area contributed by atoms with E-state index in [0.29, 0.717) is 5.52 Å². The van der Waals surface area contributed by atoms with Gasteiger partial charge in [-0.15, -0.1) is 0 Å². The van der Waals surface area contributed by atoms with E-state index in [-0.39, 0.29) is 0 Å². The van der Waals surface area contributed by atoms with Gasteiger partial charge in [0.25, 0.3) is 0 Å². The number of hydrogen-bond acceptors (Lipinski definition) is 4. The van der Waals surface area contributed by atoms with Gasteiger partial charge in [0, 0.05) is 11.6 Å². The minimum absolute atomic E-state index is 0.488. The van der Waals surface area contributed by atoms with Crippen LogP contribution in [0.5, 0.6) is 0 Å². The van der Waals surface area contributed by atoms with E-state index in [1.807, 2.05) is 26.8 Å². The Morgan fingerprint density at radius 3 is 2.82 bits per heavy atom. The van der Waals surface area contributed by atoms with Crippen molar-refractivity contribution in [3.05, 3.63) is 22.2 Å². The van der Waals surface area contributed by atoms with E-state index in [1.165, 1.54) is 4.68 Å². The molecule has 2 heterocycles. The number of ether oxygens (including phenoxy) is 1. The normalized spacial score (nSPS) is 11.8. The molecule has 17 heavy (non-hydrogen) atoms. The van der Waals surface area contributed by atoms with Crippen LogP contribution in [-0.2, 0) is 4.74 Å². The van der Waals surface area contributed by atoms with Crippen molar-refractivity contribution in [3.8, 4) is 0 Å². The first-order valence-electron chi connectivity index (χ1n) is 5.10. The Bertz CT molecular complexity index is 572. The standard InChI is InChI=1S/C11H12IN3O2/c1-11(2,3)17-10(16)15-8-6-13-5-4-7(8)9(12)14-15/h4-6H,1-3H3. The number of fused-ring (bicyclic) bond motifs is 1. The number of carbonyl (C=O) groups is 1. The van der Waals surface area contributed by atoms with Gasteiger partial charge >= 0.3 is 6.09 Å². The van der Waals surface area contributed by atoms with E-state index < -0.39 is 11.7 Å². The highest BCUT2D eigenvalue weighted by molar-refractivity contribution is 14.1. The topological polar surface area (TPSA) is 57.0 Å². The van der Waals surface area contributed by atoms with Crippen LogP contribution >= 0.6 is 22.6 Å². The van der Waals surface area contributed by atoms with E-state index in [1.54, 1.807) is 12.4 Å². The van der Waals surface area contributed by atoms with Crippen LogP contribution in [0.15, 0.2) is 18.5 Å². The molecule has 0 unspecified atom stereocenters. The van der Waals surface area contributed by atoms with Crippen molar-refractivity contribution in [2.45, 2.75) is 26.4 Å². The van der Waals surface area contributed by atoms with Gasteiger partial charge in [0.05, 0.1) is 6.20 Å². The van der Waals surface area contributed by atoms with Gasteiger partial charge in [-0.25, -0.2) is 4.79 Å². The highest BCUT2D eigenvalue weighted by atomic mass is 127. The first-order chi connectivity index (χ1) is 7.88. The molecule has 0 saturated carbocycles. The first-order valence-corrected chi connectivity index (χ1v) is 6.18. The first kappa shape index (κ1) is 12.3. The summed E-state index contributed by atoms with van der Waals surface area (Å²) < 4.78 is 7.28. The predicted octanol–water partition coefficient (Wildman–Crippen LogP) is 2.82. The molecule has 0 amide bonds. The summed E-state index contributed by atoms with van der Waals surface area (Å²) in [5, 5.41) is 5.06. The van der Waals surface area contributed by atoms with Crippen molar-refractivity contribution in [1.82, 2.24) is 14.8 Å². The SMILES string of the molecule is CC(C)(C)OC(=O)n1nc(I)c2ccncc21. The lowest BCUT2D eigenvalue weighted by molar-refractivity contribution is 0.0522. The number of rotatable bonds is 0. The monoisotopic (exact) mass is 345 g/mol. The number of pyridine rings is 1. The van der Waals surface area contributed by atoms with Gasteiger partial charge in [-0.05, 0) is 49.4 Å². The molecule has 90 valence electrons. The number of carbonyl (C=O) groups excluding carboxylic acids is 1. The Morgan fingerprint density at radius 2 is 2.18 bits per heavy atom. The summed E-state index contributed by atoms with van der Waals surface area (Å²) in [6, 6.07) is 1.82. The molecule has 2 aromatic heterocycles. The van der Waals surface area contributed by atoms with Crippen LogP contribution in [0.25, 0.3) is 10.9 Å². The van der Waals surface area contributed by atoms with Crippen LogP contribution in [0.1, 0.15) is 20.8 Å². The molecule has 0 aliphatic carbocycles. The highest BCUT2D eigenvalue weighted by Crippen LogP contribution is 2.20. The average molecular weight is 345 g/mol. The molecule has 2 aromatic rings. The quantitative estimate of drug-likeness (QED) is 0.689. The molecule has 0 radical (unpaired) electrons. The predicted molar refractivity (Wildman–Crippen MR) is 71.9 cm³/mol. The third-order valence-corrected chi connectivity index (χ3v) is 2.80. The number of nitrogens with zero attached hydrogens (tertiary/aromatic N) is 3. The second kappa shape index (κ2) is 4.25. The lowest BCUT2D eigenvalue weighted by atomic mass is 10.2. The summed E-state index contributed by atoms with van der Waals surface area (Å²) in [7, 11) is 0. The molecular formula is C11H12IN3O2. The molecule has 0 spiro atoms. The van der Waals surface area contributed by atoms with Gasteiger partial charge in [0.2, 0.25) is 0 Å². The van der Waals surface area contributed by atoms with E-state index in [9.17, 15) is 4.79 Å². The molecule has 0 bridgehead atoms. The summed E-state index contributed by atoms with van der Waals surface area (Å²) in [6.45, 7) is 5.46. The maximum absolute atomic E-state index is 11.9. The molecular weight excluding hydrogens is 333 g/mol. The molecule has 0 aliphatic rings. The van der Waals surface area contributed by atoms with E-state index in [0.717, 1.165) is 9.09 Å².